The fourth-order valence-electron chi connectivity index (χ4n) is 5.56. The van der Waals surface area contributed by atoms with Gasteiger partial charge >= 0.3 is 27.6 Å². The van der Waals surface area contributed by atoms with Gasteiger partial charge in [0.15, 0.2) is 6.10 Å². The molecule has 0 amide bonds. The van der Waals surface area contributed by atoms with Crippen LogP contribution in [0, 0.1) is 0 Å². The van der Waals surface area contributed by atoms with Gasteiger partial charge in [0, 0.05) is 12.8 Å². The standard InChI is InChI=1S/C44H78O14P2/c1-3-5-7-8-9-10-11-12-13-14-17-21-24-27-31-35-44(48)58-42(39-57-60(52,53)56-37-41(46)36-55-59(49,50)51)38-54-43(47)34-30-26-23-20-18-15-16-19-22-25-29-33-40(45)32-28-6-4-2/h12-13,15-16,20,22-23,25,29,33,40-42,45-46H,3-11,14,17-19,21,24,26-28,30-32,34-39H2,1-2H3,(H,52,53)(H2,49,50,51)/b13-12-,16-15-,23-20-,25-22-,33-29+/t40-,41+,42-/m1/s1. The van der Waals surface area contributed by atoms with Crippen LogP contribution in [0.3, 0.4) is 0 Å². The van der Waals surface area contributed by atoms with E-state index in [0.717, 1.165) is 77.0 Å². The Kier molecular flexibility index (Phi) is 38.1. The highest BCUT2D eigenvalue weighted by Gasteiger charge is 2.28. The van der Waals surface area contributed by atoms with Gasteiger partial charge in [0.25, 0.3) is 0 Å². The van der Waals surface area contributed by atoms with Gasteiger partial charge < -0.3 is 34.4 Å². The van der Waals surface area contributed by atoms with Crippen molar-refractivity contribution < 1.29 is 66.7 Å². The first kappa shape index (κ1) is 57.8. The van der Waals surface area contributed by atoms with Crippen LogP contribution in [0.2, 0.25) is 0 Å². The zero-order chi connectivity index (χ0) is 44.6. The third kappa shape index (κ3) is 42.5. The largest absolute Gasteiger partial charge is 0.472 e. The zero-order valence-corrected chi connectivity index (χ0v) is 38.2. The highest BCUT2D eigenvalue weighted by molar-refractivity contribution is 7.47. The van der Waals surface area contributed by atoms with Gasteiger partial charge in [0.2, 0.25) is 0 Å². The van der Waals surface area contributed by atoms with E-state index in [1.54, 1.807) is 6.08 Å². The monoisotopic (exact) mass is 892 g/mol. The second-order valence-electron chi connectivity index (χ2n) is 14.8. The molecule has 348 valence electrons. The SMILES string of the molecule is CCCCCCCC/C=C\CCCCCCCC(=O)O[C@H](COC(=O)CCC/C=C\C/C=C\C/C=C\C=C\[C@H](O)CCCCC)COP(=O)(O)OC[C@@H](O)COP(=O)(O)O. The summed E-state index contributed by atoms with van der Waals surface area (Å²) in [5.41, 5.74) is 0. The minimum atomic E-state index is -4.88. The number of carbonyl (C=O) groups excluding carboxylic acids is 2. The van der Waals surface area contributed by atoms with E-state index in [1.165, 1.54) is 38.5 Å². The number of carbonyl (C=O) groups is 2. The lowest BCUT2D eigenvalue weighted by molar-refractivity contribution is -0.161. The maximum atomic E-state index is 12.7. The lowest BCUT2D eigenvalue weighted by Crippen LogP contribution is -2.30. The van der Waals surface area contributed by atoms with E-state index in [4.69, 9.17) is 23.8 Å². The fraction of sp³-hybridized carbons (Fsp3) is 0.727. The summed E-state index contributed by atoms with van der Waals surface area (Å²) in [6.45, 7) is 1.54. The number of esters is 2. The van der Waals surface area contributed by atoms with Gasteiger partial charge in [-0.3, -0.25) is 23.2 Å². The highest BCUT2D eigenvalue weighted by Crippen LogP contribution is 2.43. The summed E-state index contributed by atoms with van der Waals surface area (Å²) in [5.74, 6) is -1.14. The number of allylic oxidation sites excluding steroid dienone is 9. The minimum absolute atomic E-state index is 0.0956. The number of aliphatic hydroxyl groups is 2. The number of rotatable bonds is 41. The minimum Gasteiger partial charge on any atom is -0.462 e. The van der Waals surface area contributed by atoms with Gasteiger partial charge in [-0.25, -0.2) is 9.13 Å². The topological polar surface area (TPSA) is 216 Å². The van der Waals surface area contributed by atoms with E-state index < -0.39 is 72.3 Å². The number of unbranched alkanes of at least 4 members (excludes halogenated alkanes) is 14. The van der Waals surface area contributed by atoms with Crippen molar-refractivity contribution in [3.05, 3.63) is 60.8 Å². The van der Waals surface area contributed by atoms with Crippen molar-refractivity contribution in [3.63, 3.8) is 0 Å². The number of hydrogen-bond donors (Lipinski definition) is 5. The zero-order valence-electron chi connectivity index (χ0n) is 36.4. The maximum absolute atomic E-state index is 12.7. The van der Waals surface area contributed by atoms with Crippen LogP contribution >= 0.6 is 15.6 Å². The molecular weight excluding hydrogens is 814 g/mol. The van der Waals surface area contributed by atoms with E-state index in [2.05, 4.69) is 35.0 Å². The number of aliphatic hydroxyl groups excluding tert-OH is 2. The maximum Gasteiger partial charge on any atom is 0.472 e. The van der Waals surface area contributed by atoms with Crippen LogP contribution in [0.15, 0.2) is 60.8 Å². The van der Waals surface area contributed by atoms with Crippen molar-refractivity contribution in [2.75, 3.05) is 26.4 Å². The molecule has 14 nitrogen and oxygen atoms in total. The Balaban J connectivity index is 4.66. The summed E-state index contributed by atoms with van der Waals surface area (Å²) in [7, 11) is -9.71. The highest BCUT2D eigenvalue weighted by atomic mass is 31.2. The van der Waals surface area contributed by atoms with Crippen molar-refractivity contribution in [1.82, 2.24) is 0 Å². The second-order valence-corrected chi connectivity index (χ2v) is 17.5. The predicted molar refractivity (Wildman–Crippen MR) is 236 cm³/mol. The van der Waals surface area contributed by atoms with E-state index in [-0.39, 0.29) is 12.8 Å². The fourth-order valence-corrected chi connectivity index (χ4v) is 6.72. The molecule has 60 heavy (non-hydrogen) atoms. The predicted octanol–water partition coefficient (Wildman–Crippen LogP) is 10.2. The normalized spacial score (nSPS) is 15.1. The number of hydrogen-bond acceptors (Lipinski definition) is 11. The van der Waals surface area contributed by atoms with E-state index in [1.807, 2.05) is 42.5 Å². The smallest absolute Gasteiger partial charge is 0.462 e. The molecule has 0 radical (unpaired) electrons. The molecule has 1 unspecified atom stereocenters. The van der Waals surface area contributed by atoms with Crippen molar-refractivity contribution in [2.24, 2.45) is 0 Å². The molecular formula is C44H78O14P2. The van der Waals surface area contributed by atoms with Crippen LogP contribution in [0.1, 0.15) is 162 Å². The number of ether oxygens (including phenoxy) is 2. The van der Waals surface area contributed by atoms with E-state index in [9.17, 15) is 33.8 Å². The van der Waals surface area contributed by atoms with Crippen molar-refractivity contribution in [2.45, 2.75) is 180 Å². The molecule has 0 aliphatic rings. The molecule has 16 heteroatoms. The van der Waals surface area contributed by atoms with Crippen molar-refractivity contribution in [1.29, 1.82) is 0 Å². The Labute approximate surface area is 360 Å². The van der Waals surface area contributed by atoms with E-state index >= 15 is 0 Å². The molecule has 0 aliphatic heterocycles. The average Bonchev–Trinajstić information content (AvgIpc) is 3.20. The lowest BCUT2D eigenvalue weighted by Gasteiger charge is -2.20. The average molecular weight is 893 g/mol. The van der Waals surface area contributed by atoms with Crippen molar-refractivity contribution >= 4 is 27.6 Å². The summed E-state index contributed by atoms with van der Waals surface area (Å²) in [4.78, 5) is 52.7. The van der Waals surface area contributed by atoms with Gasteiger partial charge in [0.1, 0.15) is 12.7 Å². The Morgan fingerprint density at radius 3 is 1.73 bits per heavy atom. The van der Waals surface area contributed by atoms with E-state index in [0.29, 0.717) is 19.3 Å². The first-order chi connectivity index (χ1) is 28.8. The molecule has 0 aromatic heterocycles. The van der Waals surface area contributed by atoms with Gasteiger partial charge in [-0.1, -0.05) is 145 Å². The second kappa shape index (κ2) is 39.6. The summed E-state index contributed by atoms with van der Waals surface area (Å²) in [6, 6.07) is 0. The molecule has 4 atom stereocenters. The molecule has 0 aromatic carbocycles. The molecule has 0 rings (SSSR count). The van der Waals surface area contributed by atoms with Gasteiger partial charge in [0.05, 0.1) is 25.9 Å². The first-order valence-corrected chi connectivity index (χ1v) is 25.1. The van der Waals surface area contributed by atoms with Crippen LogP contribution in [0.4, 0.5) is 0 Å². The van der Waals surface area contributed by atoms with Gasteiger partial charge in [-0.05, 0) is 64.2 Å². The van der Waals surface area contributed by atoms with Gasteiger partial charge in [-0.15, -0.1) is 0 Å². The molecule has 0 spiro atoms. The van der Waals surface area contributed by atoms with Crippen LogP contribution < -0.4 is 0 Å². The van der Waals surface area contributed by atoms with Crippen LogP contribution in [-0.4, -0.2) is 81.6 Å². The molecule has 0 saturated heterocycles. The number of phosphoric ester groups is 2. The Morgan fingerprint density at radius 2 is 1.07 bits per heavy atom. The Bertz CT molecular complexity index is 1310. The lowest BCUT2D eigenvalue weighted by atomic mass is 10.1. The Hall–Kier alpha value is -2.22. The molecule has 0 aromatic rings. The summed E-state index contributed by atoms with van der Waals surface area (Å²) in [5, 5.41) is 19.6. The van der Waals surface area contributed by atoms with Gasteiger partial charge in [-0.2, -0.15) is 0 Å². The molecule has 0 aliphatic carbocycles. The molecule has 0 saturated carbocycles. The third-order valence-electron chi connectivity index (χ3n) is 8.97. The molecule has 0 fully saturated rings. The summed E-state index contributed by atoms with van der Waals surface area (Å²) < 4.78 is 47.7. The summed E-state index contributed by atoms with van der Waals surface area (Å²) in [6.07, 6.45) is 38.3. The molecule has 5 N–H and O–H groups in total. The number of phosphoric acid groups is 2. The van der Waals surface area contributed by atoms with Crippen LogP contribution in [-0.2, 0) is 41.8 Å². The van der Waals surface area contributed by atoms with Crippen LogP contribution in [0.5, 0.6) is 0 Å². The van der Waals surface area contributed by atoms with Crippen LogP contribution in [0.25, 0.3) is 0 Å². The Morgan fingerprint density at radius 1 is 0.550 bits per heavy atom. The first-order valence-electron chi connectivity index (χ1n) is 22.1. The third-order valence-corrected chi connectivity index (χ3v) is 10.4. The molecule has 0 bridgehead atoms. The summed E-state index contributed by atoms with van der Waals surface area (Å²) >= 11 is 0. The molecule has 0 heterocycles. The quantitative estimate of drug-likeness (QED) is 0.0127. The van der Waals surface area contributed by atoms with Crippen molar-refractivity contribution in [3.8, 4) is 0 Å².